The van der Waals surface area contributed by atoms with Crippen LogP contribution in [0.5, 0.6) is 0 Å². The average molecular weight is 231 g/mol. The molecule has 0 amide bonds. The Hall–Kier alpha value is -0.890. The van der Waals surface area contributed by atoms with E-state index in [1.807, 2.05) is 0 Å². The lowest BCUT2D eigenvalue weighted by atomic mass is 10.1. The van der Waals surface area contributed by atoms with E-state index in [9.17, 15) is 39.5 Å². The summed E-state index contributed by atoms with van der Waals surface area (Å²) in [5.74, 6) is -5.99. The summed E-state index contributed by atoms with van der Waals surface area (Å²) in [5, 5.41) is 0. The van der Waals surface area contributed by atoms with Crippen LogP contribution in [0, 0.1) is 6.43 Å². The highest BCUT2D eigenvalue weighted by molar-refractivity contribution is 5.23. The fourth-order valence-electron chi connectivity index (χ4n) is 0.498. The fourth-order valence-corrected chi connectivity index (χ4v) is 0.498. The summed E-state index contributed by atoms with van der Waals surface area (Å²) in [6, 6.07) is 0. The molecule has 0 unspecified atom stereocenters. The molecule has 83 valence electrons. The Morgan fingerprint density at radius 1 is 0.714 bits per heavy atom. The molecule has 0 N–H and O–H groups in total. The van der Waals surface area contributed by atoms with Gasteiger partial charge in [0.1, 0.15) is 0 Å². The van der Waals surface area contributed by atoms with Crippen molar-refractivity contribution in [2.75, 3.05) is 0 Å². The number of hydrogen-bond donors (Lipinski definition) is 0. The van der Waals surface area contributed by atoms with Gasteiger partial charge in [0.15, 0.2) is 5.57 Å². The lowest BCUT2D eigenvalue weighted by molar-refractivity contribution is -0.145. The standard InChI is InChI=1S/C5F9/c6-2(7)1(5(12,13)14)4(10,11)3(8)9. The van der Waals surface area contributed by atoms with Crippen LogP contribution in [0.3, 0.4) is 0 Å². The third kappa shape index (κ3) is 2.55. The van der Waals surface area contributed by atoms with Crippen molar-refractivity contribution in [2.24, 2.45) is 0 Å². The van der Waals surface area contributed by atoms with Gasteiger partial charge in [0, 0.05) is 0 Å². The van der Waals surface area contributed by atoms with E-state index in [-0.39, 0.29) is 0 Å². The summed E-state index contributed by atoms with van der Waals surface area (Å²) >= 11 is 0. The highest BCUT2D eigenvalue weighted by Gasteiger charge is 2.60. The Balaban J connectivity index is 5.39. The first-order chi connectivity index (χ1) is 6.01. The summed E-state index contributed by atoms with van der Waals surface area (Å²) in [5.41, 5.74) is -3.84. The van der Waals surface area contributed by atoms with Crippen LogP contribution in [0.15, 0.2) is 11.7 Å². The van der Waals surface area contributed by atoms with Crippen LogP contribution in [0.4, 0.5) is 39.5 Å². The molecule has 0 heterocycles. The molecule has 0 nitrogen and oxygen atoms in total. The van der Waals surface area contributed by atoms with Gasteiger partial charge in [-0.15, -0.1) is 0 Å². The summed E-state index contributed by atoms with van der Waals surface area (Å²) in [4.78, 5) is 0. The van der Waals surface area contributed by atoms with Gasteiger partial charge in [-0.1, -0.05) is 0 Å². The van der Waals surface area contributed by atoms with Gasteiger partial charge in [0.05, 0.1) is 0 Å². The van der Waals surface area contributed by atoms with Gasteiger partial charge >= 0.3 is 18.5 Å². The zero-order valence-electron chi connectivity index (χ0n) is 5.90. The third-order valence-corrected chi connectivity index (χ3v) is 1.02. The van der Waals surface area contributed by atoms with Gasteiger partial charge in [-0.05, 0) is 0 Å². The molecule has 1 radical (unpaired) electrons. The first-order valence-corrected chi connectivity index (χ1v) is 2.70. The second-order valence-corrected chi connectivity index (χ2v) is 1.97. The van der Waals surface area contributed by atoms with E-state index in [0.29, 0.717) is 0 Å². The van der Waals surface area contributed by atoms with Crippen LogP contribution in [-0.4, -0.2) is 12.1 Å². The van der Waals surface area contributed by atoms with Crippen LogP contribution in [0.1, 0.15) is 0 Å². The van der Waals surface area contributed by atoms with Crippen LogP contribution >= 0.6 is 0 Å². The van der Waals surface area contributed by atoms with Crippen molar-refractivity contribution in [3.63, 3.8) is 0 Å². The molecule has 0 fully saturated rings. The molecule has 0 saturated carbocycles. The van der Waals surface area contributed by atoms with Gasteiger partial charge in [-0.2, -0.15) is 39.5 Å². The molecule has 0 bridgehead atoms. The monoisotopic (exact) mass is 231 g/mol. The number of hydrogen-bond acceptors (Lipinski definition) is 0. The maximum atomic E-state index is 11.9. The van der Waals surface area contributed by atoms with Crippen molar-refractivity contribution in [3.05, 3.63) is 18.1 Å². The Kier molecular flexibility index (Phi) is 3.46. The predicted molar refractivity (Wildman–Crippen MR) is 25.7 cm³/mol. The van der Waals surface area contributed by atoms with Gasteiger partial charge < -0.3 is 0 Å². The highest BCUT2D eigenvalue weighted by atomic mass is 19.4. The largest absolute Gasteiger partial charge is 0.423 e. The Morgan fingerprint density at radius 3 is 1.14 bits per heavy atom. The predicted octanol–water partition coefficient (Wildman–Crippen LogP) is 3.76. The summed E-state index contributed by atoms with van der Waals surface area (Å²) < 4.78 is 103. The summed E-state index contributed by atoms with van der Waals surface area (Å²) in [7, 11) is 0. The second-order valence-electron chi connectivity index (χ2n) is 1.97. The topological polar surface area (TPSA) is 0 Å². The third-order valence-electron chi connectivity index (χ3n) is 1.02. The Labute approximate surface area is 71.0 Å². The van der Waals surface area contributed by atoms with Crippen molar-refractivity contribution in [3.8, 4) is 0 Å². The molecule has 0 rings (SSSR count). The molecule has 0 aliphatic heterocycles. The lowest BCUT2D eigenvalue weighted by Gasteiger charge is -2.18. The Morgan fingerprint density at radius 2 is 1.07 bits per heavy atom. The van der Waals surface area contributed by atoms with Crippen molar-refractivity contribution in [1.82, 2.24) is 0 Å². The minimum atomic E-state index is -6.22. The Bertz CT molecular complexity index is 230. The number of allylic oxidation sites excluding steroid dienone is 1. The molecule has 0 aromatic carbocycles. The van der Waals surface area contributed by atoms with Crippen LogP contribution in [0.2, 0.25) is 0 Å². The normalized spacial score (nSPS) is 13.3. The zero-order valence-corrected chi connectivity index (χ0v) is 5.90. The zero-order chi connectivity index (χ0) is 11.7. The second kappa shape index (κ2) is 3.70. The molecular weight excluding hydrogens is 231 g/mol. The van der Waals surface area contributed by atoms with Crippen molar-refractivity contribution >= 4 is 0 Å². The summed E-state index contributed by atoms with van der Waals surface area (Å²) in [6.45, 7) is 0. The maximum Gasteiger partial charge on any atom is 0.423 e. The van der Waals surface area contributed by atoms with Gasteiger partial charge in [-0.3, -0.25) is 0 Å². The SMILES string of the molecule is F[C](F)C(F)(F)C(=C(F)F)C(F)(F)F. The minimum absolute atomic E-state index is 3.84. The van der Waals surface area contributed by atoms with Crippen LogP contribution in [0.25, 0.3) is 0 Å². The van der Waals surface area contributed by atoms with E-state index in [1.54, 1.807) is 0 Å². The van der Waals surface area contributed by atoms with E-state index in [0.717, 1.165) is 0 Å². The molecule has 0 aromatic heterocycles. The molecule has 9 heteroatoms. The molecule has 14 heavy (non-hydrogen) atoms. The van der Waals surface area contributed by atoms with E-state index in [1.165, 1.54) is 0 Å². The van der Waals surface area contributed by atoms with Crippen LogP contribution in [-0.2, 0) is 0 Å². The molecule has 0 aliphatic carbocycles. The number of rotatable bonds is 2. The smallest absolute Gasteiger partial charge is 0.194 e. The minimum Gasteiger partial charge on any atom is -0.194 e. The average Bonchev–Trinajstić information content (AvgIpc) is 1.79. The molecule has 0 spiro atoms. The van der Waals surface area contributed by atoms with Crippen molar-refractivity contribution in [1.29, 1.82) is 0 Å². The van der Waals surface area contributed by atoms with E-state index < -0.39 is 30.2 Å². The van der Waals surface area contributed by atoms with Gasteiger partial charge in [0.2, 0.25) is 0 Å². The van der Waals surface area contributed by atoms with Gasteiger partial charge in [0.25, 0.3) is 6.08 Å². The number of alkyl halides is 5. The van der Waals surface area contributed by atoms with E-state index in [4.69, 9.17) is 0 Å². The quantitative estimate of drug-likeness (QED) is 0.634. The molecule has 0 saturated heterocycles. The van der Waals surface area contributed by atoms with E-state index in [2.05, 4.69) is 0 Å². The fraction of sp³-hybridized carbons (Fsp3) is 0.400. The first-order valence-electron chi connectivity index (χ1n) is 2.70. The van der Waals surface area contributed by atoms with Crippen molar-refractivity contribution in [2.45, 2.75) is 12.1 Å². The van der Waals surface area contributed by atoms with Crippen LogP contribution < -0.4 is 0 Å². The molecule has 0 aliphatic rings. The lowest BCUT2D eigenvalue weighted by Crippen LogP contribution is -2.33. The molecular formula is C5F9. The highest BCUT2D eigenvalue weighted by Crippen LogP contribution is 2.46. The van der Waals surface area contributed by atoms with Gasteiger partial charge in [-0.25, -0.2) is 0 Å². The molecule has 0 aromatic rings. The molecule has 0 atom stereocenters. The maximum absolute atomic E-state index is 11.9. The number of halogens is 9. The first kappa shape index (κ1) is 13.1. The van der Waals surface area contributed by atoms with E-state index >= 15 is 0 Å². The van der Waals surface area contributed by atoms with Crippen molar-refractivity contribution < 1.29 is 39.5 Å². The summed E-state index contributed by atoms with van der Waals surface area (Å²) in [6.07, 6.45) is -14.2.